The third kappa shape index (κ3) is 3.45. The molecule has 1 aliphatic rings. The predicted octanol–water partition coefficient (Wildman–Crippen LogP) is 1.18. The number of carbonyl (C=O) groups is 2. The highest BCUT2D eigenvalue weighted by Gasteiger charge is 2.41. The monoisotopic (exact) mass is 284 g/mol. The molecule has 1 saturated heterocycles. The first kappa shape index (κ1) is 13.8. The summed E-state index contributed by atoms with van der Waals surface area (Å²) in [4.78, 5) is 23.1. The molecule has 6 nitrogen and oxygen atoms in total. The second kappa shape index (κ2) is 6.03. The Morgan fingerprint density at radius 2 is 2.16 bits per heavy atom. The summed E-state index contributed by atoms with van der Waals surface area (Å²) >= 11 is 1.55. The molecular formula is C12H16N2O4S. The van der Waals surface area contributed by atoms with E-state index < -0.39 is 17.5 Å². The van der Waals surface area contributed by atoms with Gasteiger partial charge >= 0.3 is 12.0 Å². The van der Waals surface area contributed by atoms with Crippen molar-refractivity contribution in [2.45, 2.75) is 24.9 Å². The number of amides is 2. The van der Waals surface area contributed by atoms with Crippen LogP contribution in [-0.2, 0) is 16.1 Å². The SMILES string of the molecule is O=C(NCc1ccsc1)NC1(C(=O)O)CCOCC1. The summed E-state index contributed by atoms with van der Waals surface area (Å²) in [6.07, 6.45) is 0.572. The highest BCUT2D eigenvalue weighted by Crippen LogP contribution is 2.20. The molecule has 0 atom stereocenters. The van der Waals surface area contributed by atoms with E-state index in [0.717, 1.165) is 5.56 Å². The molecule has 7 heteroatoms. The van der Waals surface area contributed by atoms with Gasteiger partial charge in [0.2, 0.25) is 0 Å². The number of ether oxygens (including phenoxy) is 1. The molecule has 1 aromatic rings. The molecule has 0 bridgehead atoms. The van der Waals surface area contributed by atoms with Crippen molar-refractivity contribution in [2.24, 2.45) is 0 Å². The van der Waals surface area contributed by atoms with Crippen LogP contribution in [0.15, 0.2) is 16.8 Å². The molecule has 2 amide bonds. The van der Waals surface area contributed by atoms with Crippen LogP contribution in [0.5, 0.6) is 0 Å². The van der Waals surface area contributed by atoms with Crippen LogP contribution in [-0.4, -0.2) is 35.9 Å². The Balaban J connectivity index is 1.90. The fourth-order valence-electron chi connectivity index (χ4n) is 1.95. The fraction of sp³-hybridized carbons (Fsp3) is 0.500. The minimum Gasteiger partial charge on any atom is -0.480 e. The topological polar surface area (TPSA) is 87.7 Å². The number of thiophene rings is 1. The van der Waals surface area contributed by atoms with Crippen LogP contribution in [0.2, 0.25) is 0 Å². The van der Waals surface area contributed by atoms with Gasteiger partial charge < -0.3 is 20.5 Å². The number of hydrogen-bond donors (Lipinski definition) is 3. The van der Waals surface area contributed by atoms with E-state index in [0.29, 0.717) is 19.8 Å². The molecule has 0 radical (unpaired) electrons. The van der Waals surface area contributed by atoms with Crippen LogP contribution in [0, 0.1) is 0 Å². The van der Waals surface area contributed by atoms with E-state index in [4.69, 9.17) is 4.74 Å². The molecule has 2 rings (SSSR count). The Hall–Kier alpha value is -1.60. The summed E-state index contributed by atoms with van der Waals surface area (Å²) in [5.74, 6) is -1.01. The van der Waals surface area contributed by atoms with Gasteiger partial charge in [0, 0.05) is 32.6 Å². The van der Waals surface area contributed by atoms with E-state index in [9.17, 15) is 14.7 Å². The van der Waals surface area contributed by atoms with Gasteiger partial charge in [0.1, 0.15) is 5.54 Å². The number of aliphatic carboxylic acids is 1. The molecule has 19 heavy (non-hydrogen) atoms. The number of urea groups is 1. The number of carbonyl (C=O) groups excluding carboxylic acids is 1. The lowest BCUT2D eigenvalue weighted by atomic mass is 9.90. The van der Waals surface area contributed by atoms with Crippen LogP contribution in [0.3, 0.4) is 0 Å². The second-order valence-corrected chi connectivity index (χ2v) is 5.22. The van der Waals surface area contributed by atoms with Gasteiger partial charge in [0.15, 0.2) is 0 Å². The Labute approximate surface area is 114 Å². The maximum atomic E-state index is 11.8. The van der Waals surface area contributed by atoms with Gasteiger partial charge in [0.05, 0.1) is 0 Å². The highest BCUT2D eigenvalue weighted by molar-refractivity contribution is 7.07. The van der Waals surface area contributed by atoms with Crippen LogP contribution in [0.4, 0.5) is 4.79 Å². The lowest BCUT2D eigenvalue weighted by molar-refractivity contribution is -0.148. The van der Waals surface area contributed by atoms with Crippen molar-refractivity contribution in [3.8, 4) is 0 Å². The third-order valence-electron chi connectivity index (χ3n) is 3.14. The second-order valence-electron chi connectivity index (χ2n) is 4.44. The standard InChI is InChI=1S/C12H16N2O4S/c15-10(16)12(2-4-18-5-3-12)14-11(17)13-7-9-1-6-19-8-9/h1,6,8H,2-5,7H2,(H,15,16)(H2,13,14,17). The molecule has 0 spiro atoms. The quantitative estimate of drug-likeness (QED) is 0.774. The van der Waals surface area contributed by atoms with Crippen molar-refractivity contribution in [2.75, 3.05) is 13.2 Å². The Kier molecular flexibility index (Phi) is 4.39. The van der Waals surface area contributed by atoms with Crippen molar-refractivity contribution in [3.63, 3.8) is 0 Å². The number of carboxylic acid groups (broad SMARTS) is 1. The molecule has 0 unspecified atom stereocenters. The number of hydrogen-bond acceptors (Lipinski definition) is 4. The smallest absolute Gasteiger partial charge is 0.329 e. The molecule has 104 valence electrons. The first-order valence-electron chi connectivity index (χ1n) is 6.01. The number of carboxylic acids is 1. The minimum atomic E-state index is -1.21. The summed E-state index contributed by atoms with van der Waals surface area (Å²) in [6.45, 7) is 1.08. The molecule has 3 N–H and O–H groups in total. The minimum absolute atomic E-state index is 0.286. The summed E-state index contributed by atoms with van der Waals surface area (Å²) in [5, 5.41) is 18.4. The zero-order valence-electron chi connectivity index (χ0n) is 10.3. The molecule has 0 saturated carbocycles. The Morgan fingerprint density at radius 1 is 1.42 bits per heavy atom. The lowest BCUT2D eigenvalue weighted by Gasteiger charge is -2.33. The molecule has 0 aliphatic carbocycles. The van der Waals surface area contributed by atoms with Gasteiger partial charge in [0.25, 0.3) is 0 Å². The maximum absolute atomic E-state index is 11.8. The average Bonchev–Trinajstić information content (AvgIpc) is 2.90. The largest absolute Gasteiger partial charge is 0.480 e. The Bertz CT molecular complexity index is 441. The third-order valence-corrected chi connectivity index (χ3v) is 3.87. The molecule has 1 aromatic heterocycles. The van der Waals surface area contributed by atoms with E-state index in [1.54, 1.807) is 11.3 Å². The fourth-order valence-corrected chi connectivity index (χ4v) is 2.62. The van der Waals surface area contributed by atoms with E-state index in [1.807, 2.05) is 16.8 Å². The highest BCUT2D eigenvalue weighted by atomic mass is 32.1. The van der Waals surface area contributed by atoms with Gasteiger partial charge in [-0.15, -0.1) is 0 Å². The summed E-state index contributed by atoms with van der Waals surface area (Å²) in [7, 11) is 0. The Morgan fingerprint density at radius 3 is 2.74 bits per heavy atom. The van der Waals surface area contributed by atoms with E-state index in [2.05, 4.69) is 10.6 Å². The number of rotatable bonds is 4. The molecule has 2 heterocycles. The lowest BCUT2D eigenvalue weighted by Crippen LogP contribution is -2.59. The van der Waals surface area contributed by atoms with Crippen molar-refractivity contribution in [3.05, 3.63) is 22.4 Å². The van der Waals surface area contributed by atoms with Gasteiger partial charge in [-0.05, 0) is 22.4 Å². The molecule has 1 aliphatic heterocycles. The van der Waals surface area contributed by atoms with Crippen molar-refractivity contribution >= 4 is 23.3 Å². The van der Waals surface area contributed by atoms with Crippen LogP contribution >= 0.6 is 11.3 Å². The van der Waals surface area contributed by atoms with Crippen LogP contribution in [0.1, 0.15) is 18.4 Å². The predicted molar refractivity (Wildman–Crippen MR) is 70.1 cm³/mol. The van der Waals surface area contributed by atoms with Gasteiger partial charge in [-0.2, -0.15) is 11.3 Å². The molecule has 1 fully saturated rings. The van der Waals surface area contributed by atoms with Gasteiger partial charge in [-0.3, -0.25) is 0 Å². The summed E-state index contributed by atoms with van der Waals surface area (Å²) < 4.78 is 5.14. The normalized spacial score (nSPS) is 17.7. The number of nitrogens with one attached hydrogen (secondary N) is 2. The summed E-state index contributed by atoms with van der Waals surface area (Å²) in [5.41, 5.74) is -0.215. The first-order valence-corrected chi connectivity index (χ1v) is 6.95. The summed E-state index contributed by atoms with van der Waals surface area (Å²) in [6, 6.07) is 1.45. The average molecular weight is 284 g/mol. The van der Waals surface area contributed by atoms with E-state index in [1.165, 1.54) is 0 Å². The zero-order chi connectivity index (χ0) is 13.7. The van der Waals surface area contributed by atoms with E-state index in [-0.39, 0.29) is 12.8 Å². The van der Waals surface area contributed by atoms with Gasteiger partial charge in [-0.1, -0.05) is 0 Å². The van der Waals surface area contributed by atoms with Crippen LogP contribution < -0.4 is 10.6 Å². The van der Waals surface area contributed by atoms with Crippen molar-refractivity contribution < 1.29 is 19.4 Å². The molecular weight excluding hydrogens is 268 g/mol. The zero-order valence-corrected chi connectivity index (χ0v) is 11.2. The van der Waals surface area contributed by atoms with E-state index >= 15 is 0 Å². The van der Waals surface area contributed by atoms with Crippen LogP contribution in [0.25, 0.3) is 0 Å². The first-order chi connectivity index (χ1) is 9.12. The van der Waals surface area contributed by atoms with Gasteiger partial charge in [-0.25, -0.2) is 9.59 Å². The maximum Gasteiger partial charge on any atom is 0.329 e. The van der Waals surface area contributed by atoms with Crippen molar-refractivity contribution in [1.82, 2.24) is 10.6 Å². The van der Waals surface area contributed by atoms with Crippen molar-refractivity contribution in [1.29, 1.82) is 0 Å². The molecule has 0 aromatic carbocycles.